The van der Waals surface area contributed by atoms with Gasteiger partial charge in [0.15, 0.2) is 0 Å². The second kappa shape index (κ2) is 8.87. The first kappa shape index (κ1) is 20.9. The van der Waals surface area contributed by atoms with Gasteiger partial charge in [0.2, 0.25) is 5.91 Å². The Morgan fingerprint density at radius 2 is 1.88 bits per heavy atom. The zero-order chi connectivity index (χ0) is 22.8. The number of carbonyl (C=O) groups is 1. The van der Waals surface area contributed by atoms with Crippen LogP contribution in [-0.2, 0) is 30.8 Å². The second-order valence-corrected chi connectivity index (χ2v) is 8.55. The SMILES string of the molecule is O=C(Cn1c(=O)n(CCc2ccccc2)c(=O)c2sc3ncccc3c21)NCc1ccco1. The third kappa shape index (κ3) is 4.10. The van der Waals surface area contributed by atoms with E-state index in [9.17, 15) is 14.4 Å². The van der Waals surface area contributed by atoms with Crippen molar-refractivity contribution in [2.75, 3.05) is 0 Å². The molecule has 0 aliphatic carbocycles. The number of amides is 1. The molecule has 1 amide bonds. The highest BCUT2D eigenvalue weighted by Crippen LogP contribution is 2.29. The lowest BCUT2D eigenvalue weighted by Crippen LogP contribution is -2.42. The summed E-state index contributed by atoms with van der Waals surface area (Å²) in [6.45, 7) is 0.207. The highest BCUT2D eigenvalue weighted by molar-refractivity contribution is 7.25. The van der Waals surface area contributed by atoms with Crippen LogP contribution in [0.2, 0.25) is 0 Å². The van der Waals surface area contributed by atoms with E-state index in [0.29, 0.717) is 32.6 Å². The van der Waals surface area contributed by atoms with E-state index < -0.39 is 5.69 Å². The van der Waals surface area contributed by atoms with Crippen LogP contribution in [0.25, 0.3) is 20.4 Å². The molecule has 0 unspecified atom stereocenters. The number of hydrogen-bond acceptors (Lipinski definition) is 6. The molecule has 0 spiro atoms. The maximum absolute atomic E-state index is 13.4. The smallest absolute Gasteiger partial charge is 0.332 e. The van der Waals surface area contributed by atoms with Crippen LogP contribution in [0, 0.1) is 0 Å². The summed E-state index contributed by atoms with van der Waals surface area (Å²) in [4.78, 5) is 44.4. The monoisotopic (exact) mass is 460 g/mol. The average Bonchev–Trinajstić information content (AvgIpc) is 3.49. The van der Waals surface area contributed by atoms with Gasteiger partial charge in [0.25, 0.3) is 5.56 Å². The van der Waals surface area contributed by atoms with Crippen molar-refractivity contribution in [2.45, 2.75) is 26.1 Å². The summed E-state index contributed by atoms with van der Waals surface area (Å²) in [5.74, 6) is 0.255. The van der Waals surface area contributed by atoms with Gasteiger partial charge in [-0.25, -0.2) is 9.78 Å². The minimum Gasteiger partial charge on any atom is -0.467 e. The molecule has 0 fully saturated rings. The summed E-state index contributed by atoms with van der Waals surface area (Å²) < 4.78 is 8.25. The standard InChI is InChI=1S/C24H20N4O4S/c29-19(26-14-17-8-5-13-32-17)15-28-20-18-9-4-11-25-22(18)33-21(20)23(30)27(24(28)31)12-10-16-6-2-1-3-7-16/h1-9,11,13H,10,12,14-15H2,(H,26,29). The van der Waals surface area contributed by atoms with Crippen molar-refractivity contribution in [3.05, 3.63) is 99.2 Å². The highest BCUT2D eigenvalue weighted by Gasteiger charge is 2.20. The topological polar surface area (TPSA) is 99.1 Å². The number of pyridine rings is 1. The zero-order valence-corrected chi connectivity index (χ0v) is 18.4. The molecule has 4 heterocycles. The van der Waals surface area contributed by atoms with Gasteiger partial charge in [-0.2, -0.15) is 0 Å². The summed E-state index contributed by atoms with van der Waals surface area (Å²) >= 11 is 1.23. The Balaban J connectivity index is 1.56. The molecule has 0 bridgehead atoms. The molecule has 4 aromatic heterocycles. The summed E-state index contributed by atoms with van der Waals surface area (Å²) in [6, 6.07) is 16.7. The summed E-state index contributed by atoms with van der Waals surface area (Å²) in [5, 5.41) is 3.45. The maximum Gasteiger partial charge on any atom is 0.332 e. The largest absolute Gasteiger partial charge is 0.467 e. The average molecular weight is 461 g/mol. The summed E-state index contributed by atoms with van der Waals surface area (Å²) in [7, 11) is 0. The van der Waals surface area contributed by atoms with Gasteiger partial charge in [-0.15, -0.1) is 11.3 Å². The van der Waals surface area contributed by atoms with Crippen molar-refractivity contribution < 1.29 is 9.21 Å². The fourth-order valence-corrected chi connectivity index (χ4v) is 4.91. The predicted molar refractivity (Wildman–Crippen MR) is 126 cm³/mol. The molecule has 0 saturated heterocycles. The van der Waals surface area contributed by atoms with Gasteiger partial charge in [-0.05, 0) is 36.2 Å². The van der Waals surface area contributed by atoms with Crippen LogP contribution >= 0.6 is 11.3 Å². The van der Waals surface area contributed by atoms with Crippen molar-refractivity contribution in [2.24, 2.45) is 0 Å². The van der Waals surface area contributed by atoms with Gasteiger partial charge in [0, 0.05) is 18.1 Å². The molecule has 1 aromatic carbocycles. The Morgan fingerprint density at radius 3 is 2.67 bits per heavy atom. The first-order chi connectivity index (χ1) is 16.1. The van der Waals surface area contributed by atoms with E-state index in [4.69, 9.17) is 4.42 Å². The van der Waals surface area contributed by atoms with Crippen LogP contribution in [0.1, 0.15) is 11.3 Å². The fraction of sp³-hybridized carbons (Fsp3) is 0.167. The van der Waals surface area contributed by atoms with E-state index in [1.807, 2.05) is 36.4 Å². The number of fused-ring (bicyclic) bond motifs is 3. The van der Waals surface area contributed by atoms with Crippen molar-refractivity contribution in [3.63, 3.8) is 0 Å². The molecular weight excluding hydrogens is 440 g/mol. The number of nitrogens with zero attached hydrogens (tertiary/aromatic N) is 3. The van der Waals surface area contributed by atoms with Crippen LogP contribution in [-0.4, -0.2) is 20.0 Å². The lowest BCUT2D eigenvalue weighted by Gasteiger charge is -2.13. The molecule has 0 radical (unpaired) electrons. The van der Waals surface area contributed by atoms with Gasteiger partial charge in [0.1, 0.15) is 21.8 Å². The Morgan fingerprint density at radius 1 is 1.03 bits per heavy atom. The first-order valence-electron chi connectivity index (χ1n) is 10.5. The third-order valence-corrected chi connectivity index (χ3v) is 6.51. The van der Waals surface area contributed by atoms with Crippen LogP contribution < -0.4 is 16.6 Å². The van der Waals surface area contributed by atoms with Crippen LogP contribution in [0.3, 0.4) is 0 Å². The van der Waals surface area contributed by atoms with Crippen molar-refractivity contribution in [1.29, 1.82) is 0 Å². The van der Waals surface area contributed by atoms with Crippen LogP contribution in [0.5, 0.6) is 0 Å². The molecule has 9 heteroatoms. The lowest BCUT2D eigenvalue weighted by molar-refractivity contribution is -0.121. The molecular formula is C24H20N4O4S. The van der Waals surface area contributed by atoms with Gasteiger partial charge in [-0.1, -0.05) is 30.3 Å². The van der Waals surface area contributed by atoms with Gasteiger partial charge >= 0.3 is 5.69 Å². The second-order valence-electron chi connectivity index (χ2n) is 7.55. The van der Waals surface area contributed by atoms with E-state index >= 15 is 0 Å². The number of hydrogen-bond donors (Lipinski definition) is 1. The van der Waals surface area contributed by atoms with Gasteiger partial charge in [0.05, 0.1) is 18.3 Å². The lowest BCUT2D eigenvalue weighted by atomic mass is 10.1. The molecule has 0 aliphatic heterocycles. The maximum atomic E-state index is 13.4. The number of rotatable bonds is 7. The number of furan rings is 1. The Kier molecular flexibility index (Phi) is 5.62. The number of carbonyl (C=O) groups excluding carboxylic acids is 1. The summed E-state index contributed by atoms with van der Waals surface area (Å²) in [6.07, 6.45) is 3.70. The molecule has 1 N–H and O–H groups in total. The molecule has 166 valence electrons. The predicted octanol–water partition coefficient (Wildman–Crippen LogP) is 2.92. The summed E-state index contributed by atoms with van der Waals surface area (Å²) in [5.41, 5.74) is 0.591. The highest BCUT2D eigenvalue weighted by atomic mass is 32.1. The minimum absolute atomic E-state index is 0.212. The Hall–Kier alpha value is -3.98. The quantitative estimate of drug-likeness (QED) is 0.403. The van der Waals surface area contributed by atoms with E-state index in [-0.39, 0.29) is 31.1 Å². The Labute approximate surface area is 191 Å². The van der Waals surface area contributed by atoms with Crippen molar-refractivity contribution in [1.82, 2.24) is 19.4 Å². The first-order valence-corrected chi connectivity index (χ1v) is 11.3. The molecule has 0 saturated carbocycles. The Bertz CT molecular complexity index is 1550. The van der Waals surface area contributed by atoms with Gasteiger partial charge in [-0.3, -0.25) is 18.7 Å². The van der Waals surface area contributed by atoms with Crippen LogP contribution in [0.4, 0.5) is 0 Å². The fourth-order valence-electron chi connectivity index (χ4n) is 3.81. The minimum atomic E-state index is -0.514. The number of nitrogens with one attached hydrogen (secondary N) is 1. The molecule has 8 nitrogen and oxygen atoms in total. The van der Waals surface area contributed by atoms with E-state index in [1.165, 1.54) is 26.7 Å². The molecule has 5 rings (SSSR count). The van der Waals surface area contributed by atoms with Crippen molar-refractivity contribution in [3.8, 4) is 0 Å². The number of benzene rings is 1. The van der Waals surface area contributed by atoms with Gasteiger partial charge < -0.3 is 9.73 Å². The molecule has 0 atom stereocenters. The number of aromatic nitrogens is 3. The number of thiophene rings is 1. The van der Waals surface area contributed by atoms with Crippen LogP contribution in [0.15, 0.2) is 81.1 Å². The van der Waals surface area contributed by atoms with E-state index in [1.54, 1.807) is 24.4 Å². The molecule has 33 heavy (non-hydrogen) atoms. The van der Waals surface area contributed by atoms with E-state index in [0.717, 1.165) is 5.56 Å². The molecule has 5 aromatic rings. The van der Waals surface area contributed by atoms with E-state index in [2.05, 4.69) is 10.3 Å². The third-order valence-electron chi connectivity index (χ3n) is 5.42. The molecule has 0 aliphatic rings. The van der Waals surface area contributed by atoms with Crippen molar-refractivity contribution >= 4 is 37.7 Å². The zero-order valence-electron chi connectivity index (χ0n) is 17.6. The number of aryl methyl sites for hydroxylation is 1. The normalized spacial score (nSPS) is 11.3.